The Morgan fingerprint density at radius 3 is 2.28 bits per heavy atom. The second kappa shape index (κ2) is 6.84. The third-order valence-electron chi connectivity index (χ3n) is 4.20. The number of nitrogens with zero attached hydrogens (tertiary/aromatic N) is 1. The molecule has 6 heteroatoms. The Morgan fingerprint density at radius 1 is 1.00 bits per heavy atom. The molecular weight excluding hydrogens is 322 g/mol. The highest BCUT2D eigenvalue weighted by molar-refractivity contribution is 6.14. The minimum atomic E-state index is -0.240. The number of fused-ring (bicyclic) bond motifs is 1. The van der Waals surface area contributed by atoms with Gasteiger partial charge in [-0.15, -0.1) is 0 Å². The first-order valence-electron chi connectivity index (χ1n) is 7.84. The maximum Gasteiger partial charge on any atom is 0.258 e. The molecule has 0 saturated heterocycles. The highest BCUT2D eigenvalue weighted by Gasteiger charge is 2.31. The highest BCUT2D eigenvalue weighted by Crippen LogP contribution is 2.37. The van der Waals surface area contributed by atoms with Crippen LogP contribution in [0.15, 0.2) is 36.4 Å². The van der Waals surface area contributed by atoms with Gasteiger partial charge in [0.05, 0.1) is 27.0 Å². The van der Waals surface area contributed by atoms with Crippen LogP contribution >= 0.6 is 0 Å². The number of para-hydroxylation sites is 1. The molecule has 0 atom stereocenters. The predicted molar refractivity (Wildman–Crippen MR) is 93.2 cm³/mol. The van der Waals surface area contributed by atoms with Gasteiger partial charge in [0.15, 0.2) is 5.78 Å². The number of carbonyl (C=O) groups excluding carboxylic acids is 2. The first kappa shape index (κ1) is 16.8. The van der Waals surface area contributed by atoms with Crippen molar-refractivity contribution >= 4 is 17.4 Å². The van der Waals surface area contributed by atoms with Gasteiger partial charge in [-0.3, -0.25) is 9.59 Å². The maximum atomic E-state index is 13.1. The van der Waals surface area contributed by atoms with Gasteiger partial charge in [-0.2, -0.15) is 0 Å². The zero-order chi connectivity index (χ0) is 18.0. The van der Waals surface area contributed by atoms with Gasteiger partial charge in [-0.25, -0.2) is 0 Å². The van der Waals surface area contributed by atoms with Gasteiger partial charge in [0.25, 0.3) is 5.91 Å². The molecule has 1 aliphatic rings. The molecule has 0 N–H and O–H groups in total. The van der Waals surface area contributed by atoms with E-state index in [4.69, 9.17) is 14.2 Å². The van der Waals surface area contributed by atoms with Crippen LogP contribution in [-0.2, 0) is 0 Å². The number of ketones is 1. The average Bonchev–Trinajstić information content (AvgIpc) is 2.67. The quantitative estimate of drug-likeness (QED) is 0.855. The number of hydrogen-bond donors (Lipinski definition) is 0. The van der Waals surface area contributed by atoms with Crippen molar-refractivity contribution in [2.45, 2.75) is 6.42 Å². The Bertz CT molecular complexity index is 808. The van der Waals surface area contributed by atoms with Gasteiger partial charge in [-0.1, -0.05) is 6.07 Å². The van der Waals surface area contributed by atoms with E-state index in [1.807, 2.05) is 0 Å². The summed E-state index contributed by atoms with van der Waals surface area (Å²) in [4.78, 5) is 26.9. The maximum absolute atomic E-state index is 13.1. The zero-order valence-corrected chi connectivity index (χ0v) is 14.4. The summed E-state index contributed by atoms with van der Waals surface area (Å²) >= 11 is 0. The minimum Gasteiger partial charge on any atom is -0.497 e. The van der Waals surface area contributed by atoms with Gasteiger partial charge < -0.3 is 19.1 Å². The molecule has 0 spiro atoms. The molecule has 3 rings (SSSR count). The van der Waals surface area contributed by atoms with Crippen LogP contribution in [-0.4, -0.2) is 39.6 Å². The number of Topliss-reactive ketones (excluding diaryl/α,β-unsaturated/α-hetero) is 1. The number of rotatable bonds is 4. The van der Waals surface area contributed by atoms with E-state index in [1.165, 1.54) is 21.3 Å². The van der Waals surface area contributed by atoms with Gasteiger partial charge in [-0.05, 0) is 24.3 Å². The monoisotopic (exact) mass is 341 g/mol. The summed E-state index contributed by atoms with van der Waals surface area (Å²) < 4.78 is 15.8. The molecular formula is C19H19NO5. The summed E-state index contributed by atoms with van der Waals surface area (Å²) in [6.45, 7) is 0.296. The fraction of sp³-hybridized carbons (Fsp3) is 0.263. The smallest absolute Gasteiger partial charge is 0.258 e. The number of anilines is 1. The van der Waals surface area contributed by atoms with E-state index in [0.717, 1.165) is 0 Å². The van der Waals surface area contributed by atoms with Crippen molar-refractivity contribution in [1.29, 1.82) is 0 Å². The van der Waals surface area contributed by atoms with Crippen molar-refractivity contribution in [3.63, 3.8) is 0 Å². The zero-order valence-electron chi connectivity index (χ0n) is 14.4. The van der Waals surface area contributed by atoms with Crippen LogP contribution in [0, 0.1) is 0 Å². The summed E-state index contributed by atoms with van der Waals surface area (Å²) in [5.41, 5.74) is 1.42. The summed E-state index contributed by atoms with van der Waals surface area (Å²) in [7, 11) is 4.58. The van der Waals surface area contributed by atoms with E-state index in [-0.39, 0.29) is 18.1 Å². The molecule has 25 heavy (non-hydrogen) atoms. The minimum absolute atomic E-state index is 0.00109. The van der Waals surface area contributed by atoms with Crippen LogP contribution in [0.5, 0.6) is 17.2 Å². The normalized spacial score (nSPS) is 13.2. The second-order valence-corrected chi connectivity index (χ2v) is 5.59. The number of methoxy groups -OCH3 is 3. The van der Waals surface area contributed by atoms with Crippen molar-refractivity contribution < 1.29 is 23.8 Å². The van der Waals surface area contributed by atoms with E-state index < -0.39 is 0 Å². The number of benzene rings is 2. The topological polar surface area (TPSA) is 65.1 Å². The fourth-order valence-corrected chi connectivity index (χ4v) is 2.94. The number of hydrogen-bond acceptors (Lipinski definition) is 5. The standard InChI is InChI=1S/C19H19NO5/c1-23-13-9-12(10-14(11-13)24-2)19(22)20-8-7-16(21)15-5-4-6-17(25-3)18(15)20/h4-6,9-11H,7-8H2,1-3H3. The molecule has 0 fully saturated rings. The van der Waals surface area contributed by atoms with Gasteiger partial charge in [0.1, 0.15) is 17.2 Å². The average molecular weight is 341 g/mol. The molecule has 0 aromatic heterocycles. The largest absolute Gasteiger partial charge is 0.497 e. The van der Waals surface area contributed by atoms with Crippen LogP contribution in [0.25, 0.3) is 0 Å². The van der Waals surface area contributed by atoms with E-state index in [9.17, 15) is 9.59 Å². The Kier molecular flexibility index (Phi) is 4.61. The molecule has 1 heterocycles. The van der Waals surface area contributed by atoms with Crippen LogP contribution in [0.4, 0.5) is 5.69 Å². The number of carbonyl (C=O) groups is 2. The molecule has 1 aliphatic heterocycles. The van der Waals surface area contributed by atoms with Gasteiger partial charge >= 0.3 is 0 Å². The van der Waals surface area contributed by atoms with Crippen molar-refractivity contribution in [2.24, 2.45) is 0 Å². The van der Waals surface area contributed by atoms with E-state index >= 15 is 0 Å². The number of amides is 1. The third-order valence-corrected chi connectivity index (χ3v) is 4.20. The molecule has 2 aromatic rings. The molecule has 1 amide bonds. The molecule has 6 nitrogen and oxygen atoms in total. The summed E-state index contributed by atoms with van der Waals surface area (Å²) in [6, 6.07) is 10.2. The van der Waals surface area contributed by atoms with E-state index in [0.29, 0.717) is 40.6 Å². The van der Waals surface area contributed by atoms with Crippen LogP contribution < -0.4 is 19.1 Å². The first-order chi connectivity index (χ1) is 12.1. The second-order valence-electron chi connectivity index (χ2n) is 5.59. The lowest BCUT2D eigenvalue weighted by atomic mass is 9.98. The molecule has 130 valence electrons. The van der Waals surface area contributed by atoms with Crippen molar-refractivity contribution in [3.05, 3.63) is 47.5 Å². The lowest BCUT2D eigenvalue weighted by Gasteiger charge is -2.30. The van der Waals surface area contributed by atoms with E-state index in [1.54, 1.807) is 41.3 Å². The third kappa shape index (κ3) is 3.03. The Balaban J connectivity index is 2.08. The fourth-order valence-electron chi connectivity index (χ4n) is 2.94. The molecule has 0 aliphatic carbocycles. The Labute approximate surface area is 145 Å². The Hall–Kier alpha value is -3.02. The molecule has 2 aromatic carbocycles. The molecule has 0 saturated carbocycles. The number of ether oxygens (including phenoxy) is 3. The highest BCUT2D eigenvalue weighted by atomic mass is 16.5. The van der Waals surface area contributed by atoms with Crippen molar-refractivity contribution in [2.75, 3.05) is 32.8 Å². The molecule has 0 bridgehead atoms. The molecule has 0 unspecified atom stereocenters. The summed E-state index contributed by atoms with van der Waals surface area (Å²) in [6.07, 6.45) is 0.271. The summed E-state index contributed by atoms with van der Waals surface area (Å²) in [5.74, 6) is 1.30. The van der Waals surface area contributed by atoms with Crippen molar-refractivity contribution in [1.82, 2.24) is 0 Å². The van der Waals surface area contributed by atoms with Gasteiger partial charge in [0, 0.05) is 30.2 Å². The lowest BCUT2D eigenvalue weighted by molar-refractivity contribution is 0.0953. The van der Waals surface area contributed by atoms with Crippen LogP contribution in [0.3, 0.4) is 0 Å². The van der Waals surface area contributed by atoms with Gasteiger partial charge in [0.2, 0.25) is 0 Å². The van der Waals surface area contributed by atoms with Crippen LogP contribution in [0.2, 0.25) is 0 Å². The lowest BCUT2D eigenvalue weighted by Crippen LogP contribution is -2.37. The van der Waals surface area contributed by atoms with E-state index in [2.05, 4.69) is 0 Å². The molecule has 0 radical (unpaired) electrons. The predicted octanol–water partition coefficient (Wildman–Crippen LogP) is 2.95. The van der Waals surface area contributed by atoms with Crippen molar-refractivity contribution in [3.8, 4) is 17.2 Å². The Morgan fingerprint density at radius 2 is 1.68 bits per heavy atom. The first-order valence-corrected chi connectivity index (χ1v) is 7.84. The SMILES string of the molecule is COc1cc(OC)cc(C(=O)N2CCC(=O)c3cccc(OC)c32)c1. The van der Waals surface area contributed by atoms with Crippen LogP contribution in [0.1, 0.15) is 27.1 Å². The summed E-state index contributed by atoms with van der Waals surface area (Å²) in [5, 5.41) is 0.